The molecule has 17 heavy (non-hydrogen) atoms. The van der Waals surface area contributed by atoms with Gasteiger partial charge in [-0.1, -0.05) is 11.6 Å². The standard InChI is InChI=1S/C10H10Cl2FNO3/c11-3-5(15)4-14-9-6(10(16)17)1-2-7(12)8(9)13/h1-2,5,14-15H,3-4H2,(H,16,17). The van der Waals surface area contributed by atoms with Crippen LogP contribution in [0.5, 0.6) is 0 Å². The summed E-state index contributed by atoms with van der Waals surface area (Å²) in [6.45, 7) is -0.0684. The molecule has 7 heteroatoms. The maximum absolute atomic E-state index is 13.6. The molecule has 0 aliphatic carbocycles. The van der Waals surface area contributed by atoms with Gasteiger partial charge in [0.1, 0.15) is 0 Å². The number of carboxylic acid groups (broad SMARTS) is 1. The van der Waals surface area contributed by atoms with Crippen LogP contribution in [0.15, 0.2) is 12.1 Å². The summed E-state index contributed by atoms with van der Waals surface area (Å²) in [6.07, 6.45) is -0.906. The Morgan fingerprint density at radius 2 is 2.18 bits per heavy atom. The number of nitrogens with one attached hydrogen (secondary N) is 1. The van der Waals surface area contributed by atoms with Gasteiger partial charge >= 0.3 is 5.97 Å². The van der Waals surface area contributed by atoms with Gasteiger partial charge in [0.2, 0.25) is 0 Å². The lowest BCUT2D eigenvalue weighted by Crippen LogP contribution is -2.22. The summed E-state index contributed by atoms with van der Waals surface area (Å²) >= 11 is 10.9. The number of aliphatic hydroxyl groups excluding tert-OH is 1. The van der Waals surface area contributed by atoms with Gasteiger partial charge in [-0.25, -0.2) is 9.18 Å². The van der Waals surface area contributed by atoms with Crippen molar-refractivity contribution in [3.05, 3.63) is 28.5 Å². The van der Waals surface area contributed by atoms with Gasteiger partial charge < -0.3 is 15.5 Å². The number of benzene rings is 1. The Labute approximate surface area is 107 Å². The van der Waals surface area contributed by atoms with Crippen LogP contribution in [0.1, 0.15) is 10.4 Å². The van der Waals surface area contributed by atoms with Crippen molar-refractivity contribution in [2.24, 2.45) is 0 Å². The topological polar surface area (TPSA) is 69.6 Å². The molecular weight excluding hydrogens is 272 g/mol. The Kier molecular flexibility index (Phi) is 4.99. The van der Waals surface area contributed by atoms with E-state index in [4.69, 9.17) is 28.3 Å². The average molecular weight is 282 g/mol. The minimum Gasteiger partial charge on any atom is -0.478 e. The zero-order valence-corrected chi connectivity index (χ0v) is 10.1. The first-order chi connectivity index (χ1) is 7.97. The first-order valence-electron chi connectivity index (χ1n) is 4.66. The van der Waals surface area contributed by atoms with Crippen molar-refractivity contribution in [2.75, 3.05) is 17.7 Å². The van der Waals surface area contributed by atoms with Gasteiger partial charge in [0.25, 0.3) is 0 Å². The number of aliphatic hydroxyl groups is 1. The molecular formula is C10H10Cl2FNO3. The first kappa shape index (κ1) is 14.0. The minimum absolute atomic E-state index is 0.0441. The highest BCUT2D eigenvalue weighted by Crippen LogP contribution is 2.26. The SMILES string of the molecule is O=C(O)c1ccc(Cl)c(F)c1NCC(O)CCl. The Hall–Kier alpha value is -1.04. The fraction of sp³-hybridized carbons (Fsp3) is 0.300. The van der Waals surface area contributed by atoms with Crippen LogP contribution in [0.4, 0.5) is 10.1 Å². The van der Waals surface area contributed by atoms with Crippen molar-refractivity contribution in [1.29, 1.82) is 0 Å². The van der Waals surface area contributed by atoms with E-state index in [1.165, 1.54) is 6.07 Å². The largest absolute Gasteiger partial charge is 0.478 e. The summed E-state index contributed by atoms with van der Waals surface area (Å²) in [5, 5.41) is 20.4. The molecule has 0 saturated heterocycles. The van der Waals surface area contributed by atoms with Gasteiger partial charge in [-0.3, -0.25) is 0 Å². The molecule has 0 fully saturated rings. The summed E-state index contributed by atoms with van der Waals surface area (Å²) in [7, 11) is 0. The van der Waals surface area contributed by atoms with Gasteiger partial charge in [-0.05, 0) is 12.1 Å². The summed E-state index contributed by atoms with van der Waals surface area (Å²) in [5.41, 5.74) is -0.511. The zero-order valence-electron chi connectivity index (χ0n) is 8.58. The molecule has 1 unspecified atom stereocenters. The van der Waals surface area contributed by atoms with Crippen molar-refractivity contribution in [3.63, 3.8) is 0 Å². The Morgan fingerprint density at radius 1 is 1.53 bits per heavy atom. The summed E-state index contributed by atoms with van der Waals surface area (Å²) in [6, 6.07) is 2.34. The average Bonchev–Trinajstić information content (AvgIpc) is 2.30. The fourth-order valence-corrected chi connectivity index (χ4v) is 1.44. The molecule has 94 valence electrons. The van der Waals surface area contributed by atoms with Crippen LogP contribution in [0, 0.1) is 5.82 Å². The van der Waals surface area contributed by atoms with Crippen LogP contribution < -0.4 is 5.32 Å². The lowest BCUT2D eigenvalue weighted by Gasteiger charge is -2.13. The maximum atomic E-state index is 13.6. The monoisotopic (exact) mass is 281 g/mol. The van der Waals surface area contributed by atoms with E-state index < -0.39 is 17.9 Å². The highest BCUT2D eigenvalue weighted by molar-refractivity contribution is 6.31. The zero-order chi connectivity index (χ0) is 13.0. The molecule has 4 nitrogen and oxygen atoms in total. The number of halogens is 3. The molecule has 0 aromatic heterocycles. The predicted octanol–water partition coefficient (Wildman–Crippen LogP) is 2.19. The molecule has 1 aromatic carbocycles. The van der Waals surface area contributed by atoms with Crippen molar-refractivity contribution in [3.8, 4) is 0 Å². The van der Waals surface area contributed by atoms with Crippen molar-refractivity contribution in [2.45, 2.75) is 6.10 Å². The van der Waals surface area contributed by atoms with E-state index in [1.54, 1.807) is 0 Å². The second kappa shape index (κ2) is 6.05. The molecule has 1 atom stereocenters. The van der Waals surface area contributed by atoms with E-state index in [0.717, 1.165) is 6.07 Å². The van der Waals surface area contributed by atoms with Crippen LogP contribution in [0.3, 0.4) is 0 Å². The van der Waals surface area contributed by atoms with Crippen molar-refractivity contribution in [1.82, 2.24) is 0 Å². The van der Waals surface area contributed by atoms with Crippen LogP contribution in [-0.4, -0.2) is 34.7 Å². The molecule has 0 bridgehead atoms. The number of aromatic carboxylic acids is 1. The Balaban J connectivity index is 3.02. The molecule has 0 heterocycles. The van der Waals surface area contributed by atoms with Crippen LogP contribution in [-0.2, 0) is 0 Å². The molecule has 0 aliphatic rings. The molecule has 0 saturated carbocycles. The smallest absolute Gasteiger partial charge is 0.337 e. The van der Waals surface area contributed by atoms with E-state index in [2.05, 4.69) is 5.32 Å². The summed E-state index contributed by atoms with van der Waals surface area (Å²) in [4.78, 5) is 10.9. The number of rotatable bonds is 5. The second-order valence-electron chi connectivity index (χ2n) is 3.28. The van der Waals surface area contributed by atoms with Crippen LogP contribution >= 0.6 is 23.2 Å². The molecule has 1 rings (SSSR count). The Morgan fingerprint density at radius 3 is 2.71 bits per heavy atom. The van der Waals surface area contributed by atoms with E-state index in [1.807, 2.05) is 0 Å². The van der Waals surface area contributed by atoms with E-state index >= 15 is 0 Å². The summed E-state index contributed by atoms with van der Waals surface area (Å²) < 4.78 is 13.6. The van der Waals surface area contributed by atoms with E-state index in [0.29, 0.717) is 0 Å². The van der Waals surface area contributed by atoms with Gasteiger partial charge in [0.15, 0.2) is 5.82 Å². The molecule has 0 aliphatic heterocycles. The number of carbonyl (C=O) groups is 1. The number of hydrogen-bond donors (Lipinski definition) is 3. The van der Waals surface area contributed by atoms with E-state index in [9.17, 15) is 14.3 Å². The normalized spacial score (nSPS) is 12.2. The van der Waals surface area contributed by atoms with Crippen molar-refractivity contribution < 1.29 is 19.4 Å². The summed E-state index contributed by atoms with van der Waals surface area (Å²) in [5.74, 6) is -2.20. The molecule has 3 N–H and O–H groups in total. The predicted molar refractivity (Wildman–Crippen MR) is 63.6 cm³/mol. The maximum Gasteiger partial charge on any atom is 0.337 e. The third-order valence-corrected chi connectivity index (χ3v) is 2.67. The highest BCUT2D eigenvalue weighted by Gasteiger charge is 2.17. The molecule has 0 radical (unpaired) electrons. The quantitative estimate of drug-likeness (QED) is 0.724. The van der Waals surface area contributed by atoms with Gasteiger partial charge in [0.05, 0.1) is 28.3 Å². The number of alkyl halides is 1. The number of hydrogen-bond acceptors (Lipinski definition) is 3. The second-order valence-corrected chi connectivity index (χ2v) is 3.99. The lowest BCUT2D eigenvalue weighted by atomic mass is 10.1. The third kappa shape index (κ3) is 3.46. The Bertz CT molecular complexity index is 428. The minimum atomic E-state index is -1.29. The molecule has 1 aromatic rings. The van der Waals surface area contributed by atoms with Crippen molar-refractivity contribution >= 4 is 34.9 Å². The van der Waals surface area contributed by atoms with Gasteiger partial charge in [-0.15, -0.1) is 11.6 Å². The van der Waals surface area contributed by atoms with Crippen LogP contribution in [0.25, 0.3) is 0 Å². The van der Waals surface area contributed by atoms with E-state index in [-0.39, 0.29) is 28.7 Å². The first-order valence-corrected chi connectivity index (χ1v) is 5.57. The fourth-order valence-electron chi connectivity index (χ4n) is 1.18. The van der Waals surface area contributed by atoms with Gasteiger partial charge in [0, 0.05) is 6.54 Å². The number of carboxylic acids is 1. The third-order valence-electron chi connectivity index (χ3n) is 2.02. The van der Waals surface area contributed by atoms with Crippen LogP contribution in [0.2, 0.25) is 5.02 Å². The van der Waals surface area contributed by atoms with Gasteiger partial charge in [-0.2, -0.15) is 0 Å². The molecule has 0 amide bonds. The molecule has 0 spiro atoms. The lowest BCUT2D eigenvalue weighted by molar-refractivity contribution is 0.0697. The number of anilines is 1. The highest BCUT2D eigenvalue weighted by atomic mass is 35.5.